The molecule has 1 aliphatic heterocycles. The normalized spacial score (nSPS) is 17.2. The Bertz CT molecular complexity index is 1400. The van der Waals surface area contributed by atoms with Crippen LogP contribution in [-0.4, -0.2) is 16.0 Å². The van der Waals surface area contributed by atoms with Gasteiger partial charge in [0.1, 0.15) is 17.6 Å². The molecule has 1 saturated heterocycles. The van der Waals surface area contributed by atoms with Gasteiger partial charge in [-0.2, -0.15) is 0 Å². The summed E-state index contributed by atoms with van der Waals surface area (Å²) in [6.07, 6.45) is 2.21. The molecule has 1 fully saturated rings. The van der Waals surface area contributed by atoms with Gasteiger partial charge in [0.05, 0.1) is 11.7 Å². The van der Waals surface area contributed by atoms with Gasteiger partial charge in [-0.05, 0) is 79.3 Å². The fourth-order valence-electron chi connectivity index (χ4n) is 4.38. The van der Waals surface area contributed by atoms with E-state index in [4.69, 9.17) is 16.6 Å². The minimum atomic E-state index is -0.257. The second-order valence-electron chi connectivity index (χ2n) is 8.61. The van der Waals surface area contributed by atoms with E-state index in [1.807, 2.05) is 86.6 Å². The molecule has 0 radical (unpaired) electrons. The number of rotatable bonds is 6. The van der Waals surface area contributed by atoms with Gasteiger partial charge in [-0.25, -0.2) is 0 Å². The first-order valence-corrected chi connectivity index (χ1v) is 12.9. The lowest BCUT2D eigenvalue weighted by molar-refractivity contribution is -0.115. The Hall–Kier alpha value is -3.49. The number of hydrogen-bond donors (Lipinski definition) is 2. The number of aromatic nitrogens is 1. The number of halogens is 1. The highest BCUT2D eigenvalue weighted by Gasteiger charge is 2.42. The summed E-state index contributed by atoms with van der Waals surface area (Å²) in [6, 6.07) is 23.3. The van der Waals surface area contributed by atoms with E-state index in [0.29, 0.717) is 11.5 Å². The number of benzene rings is 2. The molecule has 2 N–H and O–H groups in total. The minimum Gasteiger partial charge on any atom is -0.459 e. The van der Waals surface area contributed by atoms with Crippen LogP contribution in [0.3, 0.4) is 0 Å². The van der Waals surface area contributed by atoms with E-state index in [1.165, 1.54) is 0 Å². The van der Waals surface area contributed by atoms with Gasteiger partial charge in [0.15, 0.2) is 5.11 Å². The fourth-order valence-corrected chi connectivity index (χ4v) is 4.99. The second kappa shape index (κ2) is 10.2. The van der Waals surface area contributed by atoms with Crippen LogP contribution in [0.4, 0.5) is 11.4 Å². The van der Waals surface area contributed by atoms with Crippen LogP contribution in [0.5, 0.6) is 0 Å². The predicted octanol–water partition coefficient (Wildman–Crippen LogP) is 6.94. The first-order chi connectivity index (χ1) is 17.4. The van der Waals surface area contributed by atoms with Gasteiger partial charge in [0, 0.05) is 34.0 Å². The Morgan fingerprint density at radius 1 is 1.14 bits per heavy atom. The molecule has 8 heteroatoms. The molecular weight excluding hydrogens is 536 g/mol. The van der Waals surface area contributed by atoms with Gasteiger partial charge in [0.25, 0.3) is 0 Å². The Balaban J connectivity index is 1.55. The Labute approximate surface area is 223 Å². The number of nitrogens with one attached hydrogen (secondary N) is 2. The standard InChI is InChI=1S/C28H25BrN4O2S/c1-3-25(34)31-21-12-11-20(16-17(21)2)33-27(26(32-28(33)36)22-6-4-5-15-30-22)24-14-13-23(35-24)18-7-9-19(29)10-8-18/h4-16,26-27H,3H2,1-2H3,(H,31,34)(H,32,36)/t26-,27+/m0/s1. The van der Waals surface area contributed by atoms with Crippen LogP contribution in [0.1, 0.15) is 42.4 Å². The van der Waals surface area contributed by atoms with Gasteiger partial charge in [-0.15, -0.1) is 0 Å². The maximum atomic E-state index is 11.9. The molecule has 5 rings (SSSR count). The monoisotopic (exact) mass is 560 g/mol. The van der Waals surface area contributed by atoms with Crippen LogP contribution in [0.15, 0.2) is 87.9 Å². The number of hydrogen-bond acceptors (Lipinski definition) is 4. The SMILES string of the molecule is CCC(=O)Nc1ccc(N2C(=S)N[C@@H](c3ccccn3)[C@H]2c2ccc(-c3ccc(Br)cc3)o2)cc1C. The minimum absolute atomic E-state index is 0.0200. The molecule has 2 atom stereocenters. The molecule has 1 amide bonds. The topological polar surface area (TPSA) is 70.4 Å². The maximum Gasteiger partial charge on any atom is 0.224 e. The molecular formula is C28H25BrN4O2S. The zero-order valence-electron chi connectivity index (χ0n) is 19.9. The molecule has 3 heterocycles. The number of carbonyl (C=O) groups excluding carboxylic acids is 1. The van der Waals surface area contributed by atoms with E-state index in [0.717, 1.165) is 44.2 Å². The third kappa shape index (κ3) is 4.79. The number of aryl methyl sites for hydroxylation is 1. The van der Waals surface area contributed by atoms with Crippen molar-refractivity contribution >= 4 is 50.5 Å². The molecule has 0 bridgehead atoms. The van der Waals surface area contributed by atoms with Gasteiger partial charge in [-0.1, -0.05) is 41.1 Å². The highest BCUT2D eigenvalue weighted by molar-refractivity contribution is 9.10. The molecule has 2 aromatic carbocycles. The largest absolute Gasteiger partial charge is 0.459 e. The third-order valence-electron chi connectivity index (χ3n) is 6.23. The van der Waals surface area contributed by atoms with Crippen molar-refractivity contribution in [1.29, 1.82) is 0 Å². The summed E-state index contributed by atoms with van der Waals surface area (Å²) in [5.74, 6) is 1.54. The van der Waals surface area contributed by atoms with Crippen molar-refractivity contribution in [1.82, 2.24) is 10.3 Å². The number of furan rings is 1. The van der Waals surface area contributed by atoms with E-state index < -0.39 is 0 Å². The molecule has 0 spiro atoms. The Morgan fingerprint density at radius 2 is 1.94 bits per heavy atom. The quantitative estimate of drug-likeness (QED) is 0.249. The summed E-state index contributed by atoms with van der Waals surface area (Å²) >= 11 is 9.32. The zero-order chi connectivity index (χ0) is 25.2. The predicted molar refractivity (Wildman–Crippen MR) is 150 cm³/mol. The van der Waals surface area contributed by atoms with Gasteiger partial charge in [-0.3, -0.25) is 9.78 Å². The lowest BCUT2D eigenvalue weighted by Crippen LogP contribution is -2.29. The van der Waals surface area contributed by atoms with Crippen LogP contribution >= 0.6 is 28.1 Å². The summed E-state index contributed by atoms with van der Waals surface area (Å²) in [5.41, 5.74) is 4.51. The summed E-state index contributed by atoms with van der Waals surface area (Å²) in [5, 5.41) is 7.00. The molecule has 2 aromatic heterocycles. The van der Waals surface area contributed by atoms with Crippen molar-refractivity contribution in [2.45, 2.75) is 32.4 Å². The van der Waals surface area contributed by atoms with Crippen molar-refractivity contribution < 1.29 is 9.21 Å². The Morgan fingerprint density at radius 3 is 2.64 bits per heavy atom. The first-order valence-electron chi connectivity index (χ1n) is 11.7. The average Bonchev–Trinajstić information content (AvgIpc) is 3.51. The Kier molecular flexibility index (Phi) is 6.89. The molecule has 182 valence electrons. The number of thiocarbonyl (C=S) groups is 1. The van der Waals surface area contributed by atoms with Crippen molar-refractivity contribution in [3.63, 3.8) is 0 Å². The van der Waals surface area contributed by atoms with E-state index in [1.54, 1.807) is 6.20 Å². The molecule has 36 heavy (non-hydrogen) atoms. The van der Waals surface area contributed by atoms with Crippen LogP contribution in [-0.2, 0) is 4.79 Å². The van der Waals surface area contributed by atoms with Crippen molar-refractivity contribution in [3.8, 4) is 11.3 Å². The molecule has 4 aromatic rings. The van der Waals surface area contributed by atoms with Gasteiger partial charge < -0.3 is 20.0 Å². The number of anilines is 2. The zero-order valence-corrected chi connectivity index (χ0v) is 22.3. The third-order valence-corrected chi connectivity index (χ3v) is 7.07. The lowest BCUT2D eigenvalue weighted by Gasteiger charge is -2.26. The number of carbonyl (C=O) groups is 1. The molecule has 0 aliphatic carbocycles. The first kappa shape index (κ1) is 24.2. The van der Waals surface area contributed by atoms with E-state index in [9.17, 15) is 4.79 Å². The van der Waals surface area contributed by atoms with Crippen molar-refractivity contribution in [2.24, 2.45) is 0 Å². The maximum absolute atomic E-state index is 11.9. The highest BCUT2D eigenvalue weighted by atomic mass is 79.9. The van der Waals surface area contributed by atoms with E-state index in [2.05, 4.69) is 36.4 Å². The highest BCUT2D eigenvalue weighted by Crippen LogP contribution is 2.43. The number of amides is 1. The smallest absolute Gasteiger partial charge is 0.224 e. The van der Waals surface area contributed by atoms with Crippen LogP contribution in [0.25, 0.3) is 11.3 Å². The average molecular weight is 562 g/mol. The number of pyridine rings is 1. The van der Waals surface area contributed by atoms with Crippen LogP contribution in [0, 0.1) is 6.92 Å². The molecule has 0 saturated carbocycles. The molecule has 1 aliphatic rings. The fraction of sp³-hybridized carbons (Fsp3) is 0.179. The van der Waals surface area contributed by atoms with E-state index >= 15 is 0 Å². The molecule has 0 unspecified atom stereocenters. The summed E-state index contributed by atoms with van der Waals surface area (Å²) in [4.78, 5) is 18.6. The van der Waals surface area contributed by atoms with Gasteiger partial charge >= 0.3 is 0 Å². The lowest BCUT2D eigenvalue weighted by atomic mass is 10.0. The summed E-state index contributed by atoms with van der Waals surface area (Å²) in [6.45, 7) is 3.81. The van der Waals surface area contributed by atoms with E-state index in [-0.39, 0.29) is 18.0 Å². The summed E-state index contributed by atoms with van der Waals surface area (Å²) in [7, 11) is 0. The summed E-state index contributed by atoms with van der Waals surface area (Å²) < 4.78 is 7.44. The number of nitrogens with zero attached hydrogens (tertiary/aromatic N) is 2. The van der Waals surface area contributed by atoms with Crippen LogP contribution < -0.4 is 15.5 Å². The van der Waals surface area contributed by atoms with Crippen LogP contribution in [0.2, 0.25) is 0 Å². The van der Waals surface area contributed by atoms with Gasteiger partial charge in [0.2, 0.25) is 5.91 Å². The molecule has 6 nitrogen and oxygen atoms in total. The van der Waals surface area contributed by atoms with Crippen molar-refractivity contribution in [2.75, 3.05) is 10.2 Å². The van der Waals surface area contributed by atoms with Crippen molar-refractivity contribution in [3.05, 3.63) is 100 Å². The second-order valence-corrected chi connectivity index (χ2v) is 9.91.